The van der Waals surface area contributed by atoms with E-state index in [0.29, 0.717) is 42.7 Å². The molecule has 7 heteroatoms. The van der Waals surface area contributed by atoms with Crippen molar-refractivity contribution in [3.05, 3.63) is 54.3 Å². The van der Waals surface area contributed by atoms with Gasteiger partial charge in [0.05, 0.1) is 6.61 Å². The van der Waals surface area contributed by atoms with Gasteiger partial charge in [-0.3, -0.25) is 15.6 Å². The molecule has 2 aromatic carbocycles. The molecule has 0 saturated heterocycles. The number of aromatic nitrogens is 1. The molecule has 25 heavy (non-hydrogen) atoms. The van der Waals surface area contributed by atoms with E-state index in [1.54, 1.807) is 18.2 Å². The van der Waals surface area contributed by atoms with Crippen LogP contribution in [0.15, 0.2) is 52.9 Å². The lowest BCUT2D eigenvalue weighted by atomic mass is 10.2. The molecule has 0 bridgehead atoms. The third-order valence-electron chi connectivity index (χ3n) is 3.47. The third kappa shape index (κ3) is 4.94. The van der Waals surface area contributed by atoms with Crippen molar-refractivity contribution in [3.8, 4) is 5.75 Å². The van der Waals surface area contributed by atoms with Gasteiger partial charge in [0.15, 0.2) is 5.58 Å². The number of fused-ring (bicyclic) bond motifs is 1. The van der Waals surface area contributed by atoms with Gasteiger partial charge in [-0.05, 0) is 37.1 Å². The Bertz CT molecular complexity index is 817. The Hall–Kier alpha value is -3.09. The van der Waals surface area contributed by atoms with E-state index in [1.165, 1.54) is 12.1 Å². The summed E-state index contributed by atoms with van der Waals surface area (Å²) in [6.07, 6.45) is 1.67. The smallest absolute Gasteiger partial charge is 0.315 e. The fourth-order valence-corrected chi connectivity index (χ4v) is 2.25. The molecule has 0 saturated carbocycles. The van der Waals surface area contributed by atoms with E-state index in [1.807, 2.05) is 18.2 Å². The van der Waals surface area contributed by atoms with Gasteiger partial charge in [0.1, 0.15) is 17.1 Å². The van der Waals surface area contributed by atoms with Gasteiger partial charge in [0.25, 0.3) is 0 Å². The maximum Gasteiger partial charge on any atom is 0.315 e. The van der Waals surface area contributed by atoms with Crippen LogP contribution in [0.3, 0.4) is 0 Å². The number of unbranched alkanes of at least 4 members (excludes halogenated alkanes) is 1. The molecule has 0 spiro atoms. The fourth-order valence-electron chi connectivity index (χ4n) is 2.25. The van der Waals surface area contributed by atoms with Gasteiger partial charge in [0.2, 0.25) is 5.91 Å². The molecule has 1 heterocycles. The number of benzene rings is 2. The molecule has 0 atom stereocenters. The molecule has 3 aromatic rings. The molecule has 0 unspecified atom stereocenters. The van der Waals surface area contributed by atoms with Gasteiger partial charge in [-0.1, -0.05) is 18.2 Å². The van der Waals surface area contributed by atoms with Crippen molar-refractivity contribution in [1.29, 1.82) is 0 Å². The molecule has 0 radical (unpaired) electrons. The van der Waals surface area contributed by atoms with Gasteiger partial charge in [-0.15, -0.1) is 0 Å². The molecule has 1 aromatic heterocycles. The first-order valence-electron chi connectivity index (χ1n) is 7.99. The van der Waals surface area contributed by atoms with Gasteiger partial charge in [0, 0.05) is 12.5 Å². The van der Waals surface area contributed by atoms with E-state index in [4.69, 9.17) is 9.15 Å². The molecule has 3 rings (SSSR count). The summed E-state index contributed by atoms with van der Waals surface area (Å²) in [5, 5.41) is 0. The second kappa shape index (κ2) is 8.14. The van der Waals surface area contributed by atoms with Gasteiger partial charge < -0.3 is 9.15 Å². The topological polar surface area (TPSA) is 76.4 Å². The average Bonchev–Trinajstić information content (AvgIpc) is 3.03. The number of hydrogen-bond donors (Lipinski definition) is 2. The second-order valence-corrected chi connectivity index (χ2v) is 5.42. The van der Waals surface area contributed by atoms with Crippen LogP contribution in [-0.4, -0.2) is 17.5 Å². The van der Waals surface area contributed by atoms with Crippen molar-refractivity contribution < 1.29 is 18.3 Å². The Balaban J connectivity index is 1.33. The average molecular weight is 343 g/mol. The van der Waals surface area contributed by atoms with Crippen LogP contribution in [0.4, 0.5) is 10.4 Å². The zero-order chi connectivity index (χ0) is 17.5. The van der Waals surface area contributed by atoms with Gasteiger partial charge in [-0.2, -0.15) is 4.98 Å². The molecule has 0 aliphatic carbocycles. The normalized spacial score (nSPS) is 10.6. The Morgan fingerprint density at radius 3 is 2.88 bits per heavy atom. The molecule has 1 amide bonds. The predicted molar refractivity (Wildman–Crippen MR) is 91.5 cm³/mol. The number of para-hydroxylation sites is 2. The van der Waals surface area contributed by atoms with Crippen LogP contribution in [0.2, 0.25) is 0 Å². The van der Waals surface area contributed by atoms with E-state index < -0.39 is 0 Å². The van der Waals surface area contributed by atoms with Crippen LogP contribution in [0, 0.1) is 5.82 Å². The predicted octanol–water partition coefficient (Wildman–Crippen LogP) is 3.66. The number of hydrazine groups is 1. The monoisotopic (exact) mass is 343 g/mol. The minimum absolute atomic E-state index is 0.173. The maximum atomic E-state index is 13.0. The van der Waals surface area contributed by atoms with Gasteiger partial charge >= 0.3 is 6.01 Å². The summed E-state index contributed by atoms with van der Waals surface area (Å²) in [5.41, 5.74) is 6.56. The molecule has 0 fully saturated rings. The Morgan fingerprint density at radius 2 is 2.04 bits per heavy atom. The van der Waals surface area contributed by atoms with Crippen LogP contribution < -0.4 is 15.6 Å². The first-order chi connectivity index (χ1) is 12.2. The highest BCUT2D eigenvalue weighted by atomic mass is 19.1. The van der Waals surface area contributed by atoms with Crippen molar-refractivity contribution >= 4 is 23.0 Å². The van der Waals surface area contributed by atoms with Crippen molar-refractivity contribution in [2.75, 3.05) is 12.0 Å². The molecule has 130 valence electrons. The highest BCUT2D eigenvalue weighted by Gasteiger charge is 2.06. The van der Waals surface area contributed by atoms with E-state index >= 15 is 0 Å². The Morgan fingerprint density at radius 1 is 1.16 bits per heavy atom. The first kappa shape index (κ1) is 16.8. The lowest BCUT2D eigenvalue weighted by molar-refractivity contribution is -0.120. The zero-order valence-electron chi connectivity index (χ0n) is 13.5. The summed E-state index contributed by atoms with van der Waals surface area (Å²) in [6.45, 7) is 0.426. The van der Waals surface area contributed by atoms with E-state index in [9.17, 15) is 9.18 Å². The van der Waals surface area contributed by atoms with Crippen LogP contribution in [0.5, 0.6) is 5.75 Å². The quantitative estimate of drug-likeness (QED) is 0.482. The van der Waals surface area contributed by atoms with E-state index in [2.05, 4.69) is 15.8 Å². The van der Waals surface area contributed by atoms with Crippen molar-refractivity contribution in [2.24, 2.45) is 0 Å². The number of rotatable bonds is 8. The molecule has 2 N–H and O–H groups in total. The number of amides is 1. The van der Waals surface area contributed by atoms with Crippen LogP contribution >= 0.6 is 0 Å². The Labute approximate surface area is 144 Å². The second-order valence-electron chi connectivity index (χ2n) is 5.42. The molecule has 6 nitrogen and oxygen atoms in total. The number of ether oxygens (including phenoxy) is 1. The van der Waals surface area contributed by atoms with Crippen molar-refractivity contribution in [1.82, 2.24) is 10.4 Å². The van der Waals surface area contributed by atoms with Crippen LogP contribution in [0.1, 0.15) is 19.3 Å². The highest BCUT2D eigenvalue weighted by Crippen LogP contribution is 2.17. The summed E-state index contributed by atoms with van der Waals surface area (Å²) in [6, 6.07) is 13.6. The number of carbonyl (C=O) groups is 1. The lowest BCUT2D eigenvalue weighted by Gasteiger charge is -2.07. The number of oxazole rings is 1. The summed E-state index contributed by atoms with van der Waals surface area (Å²) < 4.78 is 23.8. The van der Waals surface area contributed by atoms with Crippen molar-refractivity contribution in [3.63, 3.8) is 0 Å². The van der Waals surface area contributed by atoms with E-state index in [-0.39, 0.29) is 17.7 Å². The summed E-state index contributed by atoms with van der Waals surface area (Å²) >= 11 is 0. The summed E-state index contributed by atoms with van der Waals surface area (Å²) in [4.78, 5) is 16.0. The number of nitrogens with one attached hydrogen (secondary N) is 2. The number of carbonyl (C=O) groups excluding carboxylic acids is 1. The lowest BCUT2D eigenvalue weighted by Crippen LogP contribution is -2.29. The number of anilines is 1. The maximum absolute atomic E-state index is 13.0. The molecular weight excluding hydrogens is 325 g/mol. The van der Waals surface area contributed by atoms with Crippen LogP contribution in [-0.2, 0) is 4.79 Å². The van der Waals surface area contributed by atoms with Crippen molar-refractivity contribution in [2.45, 2.75) is 19.3 Å². The minimum Gasteiger partial charge on any atom is -0.493 e. The number of nitrogens with zero attached hydrogens (tertiary/aromatic N) is 1. The summed E-state index contributed by atoms with van der Waals surface area (Å²) in [7, 11) is 0. The molecule has 0 aliphatic rings. The largest absolute Gasteiger partial charge is 0.493 e. The zero-order valence-corrected chi connectivity index (χ0v) is 13.5. The minimum atomic E-state index is -0.331. The molecule has 0 aliphatic heterocycles. The summed E-state index contributed by atoms with van der Waals surface area (Å²) in [5.74, 6) is -0.0164. The van der Waals surface area contributed by atoms with Crippen LogP contribution in [0.25, 0.3) is 11.1 Å². The highest BCUT2D eigenvalue weighted by molar-refractivity contribution is 5.78. The Kier molecular flexibility index (Phi) is 5.46. The van der Waals surface area contributed by atoms with Gasteiger partial charge in [-0.25, -0.2) is 4.39 Å². The fraction of sp³-hybridized carbons (Fsp3) is 0.222. The van der Waals surface area contributed by atoms with E-state index in [0.717, 1.165) is 0 Å². The molecular formula is C18H18FN3O3. The number of hydrogen-bond acceptors (Lipinski definition) is 5. The standard InChI is InChI=1S/C18H18FN3O3/c19-13-6-5-7-14(12-13)24-11-4-3-10-17(23)21-22-18-20-15-8-1-2-9-16(15)25-18/h1-2,5-9,12H,3-4,10-11H2,(H,20,22)(H,21,23). The number of halogens is 1. The first-order valence-corrected chi connectivity index (χ1v) is 7.99. The third-order valence-corrected chi connectivity index (χ3v) is 3.47. The SMILES string of the molecule is O=C(CCCCOc1cccc(F)c1)NNc1nc2ccccc2o1.